The summed E-state index contributed by atoms with van der Waals surface area (Å²) in [4.78, 5) is 22.3. The third-order valence-corrected chi connectivity index (χ3v) is 4.45. The number of hydrogen-bond donors (Lipinski definition) is 2. The molecular weight excluding hydrogens is 294 g/mol. The van der Waals surface area contributed by atoms with Gasteiger partial charge in [0.25, 0.3) is 0 Å². The molecule has 21 heavy (non-hydrogen) atoms. The Bertz CT molecular complexity index is 691. The molecule has 0 bridgehead atoms. The van der Waals surface area contributed by atoms with E-state index in [9.17, 15) is 18.0 Å². The minimum absolute atomic E-state index is 0.459. The Hall–Kier alpha value is -2.15. The van der Waals surface area contributed by atoms with Gasteiger partial charge in [0, 0.05) is 18.0 Å². The average Bonchev–Trinajstić information content (AvgIpc) is 2.35. The molecule has 0 aliphatic rings. The van der Waals surface area contributed by atoms with E-state index in [1.54, 1.807) is 25.1 Å². The molecule has 0 fully saturated rings. The summed E-state index contributed by atoms with van der Waals surface area (Å²) in [7, 11) is -3.45. The maximum atomic E-state index is 11.8. The highest BCUT2D eigenvalue weighted by atomic mass is 32.2. The summed E-state index contributed by atoms with van der Waals surface area (Å²) < 4.78 is 22.6. The van der Waals surface area contributed by atoms with E-state index in [0.29, 0.717) is 11.3 Å². The quantitative estimate of drug-likeness (QED) is 0.802. The number of hydrogen-bond acceptors (Lipinski definition) is 4. The van der Waals surface area contributed by atoms with Crippen molar-refractivity contribution in [2.24, 2.45) is 0 Å². The second-order valence-corrected chi connectivity index (χ2v) is 7.07. The van der Waals surface area contributed by atoms with Crippen LogP contribution in [0.4, 0.5) is 5.69 Å². The van der Waals surface area contributed by atoms with Crippen molar-refractivity contribution in [3.8, 4) is 0 Å². The topological polar surface area (TPSA) is 101 Å². The number of benzene rings is 1. The third kappa shape index (κ3) is 5.03. The van der Waals surface area contributed by atoms with Crippen LogP contribution < -0.4 is 5.32 Å². The predicted octanol–water partition coefficient (Wildman–Crippen LogP) is 1.46. The second-order valence-electron chi connectivity index (χ2n) is 4.70. The molecule has 0 spiro atoms. The molecule has 1 atom stereocenters. The van der Waals surface area contributed by atoms with Crippen LogP contribution in [0.2, 0.25) is 0 Å². The van der Waals surface area contributed by atoms with E-state index in [1.165, 1.54) is 13.0 Å². The fourth-order valence-electron chi connectivity index (χ4n) is 1.54. The Labute approximate surface area is 123 Å². The lowest BCUT2D eigenvalue weighted by Gasteiger charge is -2.11. The lowest BCUT2D eigenvalue weighted by molar-refractivity contribution is -0.131. The van der Waals surface area contributed by atoms with E-state index in [4.69, 9.17) is 5.11 Å². The zero-order valence-electron chi connectivity index (χ0n) is 12.0. The Balaban J connectivity index is 2.90. The maximum Gasteiger partial charge on any atom is 0.328 e. The van der Waals surface area contributed by atoms with E-state index in [-0.39, 0.29) is 0 Å². The first-order valence-electron chi connectivity index (χ1n) is 6.12. The number of amides is 1. The van der Waals surface area contributed by atoms with Crippen molar-refractivity contribution >= 4 is 33.5 Å². The Morgan fingerprint density at radius 1 is 1.33 bits per heavy atom. The molecule has 1 amide bonds. The van der Waals surface area contributed by atoms with E-state index in [2.05, 4.69) is 5.32 Å². The van der Waals surface area contributed by atoms with Gasteiger partial charge in [-0.05, 0) is 43.2 Å². The number of carbonyl (C=O) groups excluding carboxylic acids is 1. The third-order valence-electron chi connectivity index (χ3n) is 2.95. The van der Waals surface area contributed by atoms with Crippen LogP contribution in [0.25, 0.3) is 6.08 Å². The van der Waals surface area contributed by atoms with Gasteiger partial charge in [0.1, 0.15) is 5.25 Å². The molecule has 2 N–H and O–H groups in total. The van der Waals surface area contributed by atoms with Gasteiger partial charge in [-0.15, -0.1) is 0 Å². The van der Waals surface area contributed by atoms with E-state index >= 15 is 0 Å². The summed E-state index contributed by atoms with van der Waals surface area (Å²) in [6, 6.07) is 4.88. The van der Waals surface area contributed by atoms with Crippen molar-refractivity contribution in [1.29, 1.82) is 0 Å². The summed E-state index contributed by atoms with van der Waals surface area (Å²) in [5, 5.41) is 9.96. The van der Waals surface area contributed by atoms with Crippen LogP contribution >= 0.6 is 0 Å². The highest BCUT2D eigenvalue weighted by Crippen LogP contribution is 2.17. The van der Waals surface area contributed by atoms with Crippen molar-refractivity contribution in [2.45, 2.75) is 19.1 Å². The molecule has 0 heterocycles. The van der Waals surface area contributed by atoms with Crippen LogP contribution in [0.15, 0.2) is 24.3 Å². The lowest BCUT2D eigenvalue weighted by atomic mass is 10.1. The van der Waals surface area contributed by atoms with Gasteiger partial charge in [-0.25, -0.2) is 13.2 Å². The van der Waals surface area contributed by atoms with E-state index in [1.807, 2.05) is 0 Å². The number of sulfone groups is 1. The summed E-state index contributed by atoms with van der Waals surface area (Å²) in [5.41, 5.74) is 1.92. The first-order valence-corrected chi connectivity index (χ1v) is 8.08. The molecule has 0 aliphatic heterocycles. The minimum atomic E-state index is -3.45. The van der Waals surface area contributed by atoms with Crippen LogP contribution in [0, 0.1) is 6.92 Å². The van der Waals surface area contributed by atoms with Crippen molar-refractivity contribution < 1.29 is 23.1 Å². The van der Waals surface area contributed by atoms with Gasteiger partial charge in [-0.1, -0.05) is 6.07 Å². The number of aliphatic carboxylic acids is 1. The highest BCUT2D eigenvalue weighted by Gasteiger charge is 2.23. The monoisotopic (exact) mass is 311 g/mol. The largest absolute Gasteiger partial charge is 0.478 e. The van der Waals surface area contributed by atoms with Gasteiger partial charge < -0.3 is 10.4 Å². The van der Waals surface area contributed by atoms with Gasteiger partial charge in [-0.2, -0.15) is 0 Å². The molecule has 6 nitrogen and oxygen atoms in total. The molecule has 1 unspecified atom stereocenters. The molecule has 0 radical (unpaired) electrons. The molecule has 114 valence electrons. The zero-order valence-corrected chi connectivity index (χ0v) is 12.8. The molecule has 7 heteroatoms. The number of anilines is 1. The summed E-state index contributed by atoms with van der Waals surface area (Å²) >= 11 is 0. The normalized spacial score (nSPS) is 13.1. The van der Waals surface area contributed by atoms with Crippen molar-refractivity contribution in [3.05, 3.63) is 35.4 Å². The molecule has 1 rings (SSSR count). The number of carboxylic acids is 1. The van der Waals surface area contributed by atoms with Gasteiger partial charge >= 0.3 is 5.97 Å². The van der Waals surface area contributed by atoms with Crippen LogP contribution in [0.3, 0.4) is 0 Å². The summed E-state index contributed by atoms with van der Waals surface area (Å²) in [5.74, 6) is -1.65. The smallest absolute Gasteiger partial charge is 0.328 e. The molecule has 1 aromatic rings. The number of carbonyl (C=O) groups is 2. The molecule has 1 aromatic carbocycles. The SMILES string of the molecule is Cc1cc(NC(=O)C(C)S(C)(=O)=O)ccc1/C=C/C(=O)O. The molecule has 0 saturated heterocycles. The van der Waals surface area contributed by atoms with Crippen molar-refractivity contribution in [2.75, 3.05) is 11.6 Å². The van der Waals surface area contributed by atoms with Crippen LogP contribution in [-0.2, 0) is 19.4 Å². The number of carboxylic acid groups (broad SMARTS) is 1. The average molecular weight is 311 g/mol. The summed E-state index contributed by atoms with van der Waals surface area (Å²) in [6.45, 7) is 3.08. The first kappa shape index (κ1) is 16.9. The molecule has 0 aromatic heterocycles. The van der Waals surface area contributed by atoms with Crippen molar-refractivity contribution in [1.82, 2.24) is 0 Å². The zero-order chi connectivity index (χ0) is 16.2. The van der Waals surface area contributed by atoms with Crippen molar-refractivity contribution in [3.63, 3.8) is 0 Å². The van der Waals surface area contributed by atoms with Crippen LogP contribution in [0.1, 0.15) is 18.1 Å². The van der Waals surface area contributed by atoms with Gasteiger partial charge in [-0.3, -0.25) is 4.79 Å². The Kier molecular flexibility index (Phi) is 5.26. The number of aryl methyl sites for hydroxylation is 1. The fourth-order valence-corrected chi connectivity index (χ4v) is 1.99. The van der Waals surface area contributed by atoms with Crippen LogP contribution in [0.5, 0.6) is 0 Å². The maximum absolute atomic E-state index is 11.8. The second kappa shape index (κ2) is 6.53. The van der Waals surface area contributed by atoms with Crippen LogP contribution in [-0.4, -0.2) is 36.9 Å². The summed E-state index contributed by atoms with van der Waals surface area (Å²) in [6.07, 6.45) is 3.47. The Morgan fingerprint density at radius 2 is 1.95 bits per heavy atom. The fraction of sp³-hybridized carbons (Fsp3) is 0.286. The molecular formula is C14H17NO5S. The standard InChI is InChI=1S/C14H17NO5S/c1-9-8-12(6-4-11(9)5-7-13(16)17)15-14(18)10(2)21(3,19)20/h4-8,10H,1-3H3,(H,15,18)(H,16,17)/b7-5+. The molecule has 0 saturated carbocycles. The predicted molar refractivity (Wildman–Crippen MR) is 80.8 cm³/mol. The number of rotatable bonds is 5. The van der Waals surface area contributed by atoms with Gasteiger partial charge in [0.2, 0.25) is 5.91 Å². The van der Waals surface area contributed by atoms with E-state index < -0.39 is 27.0 Å². The number of nitrogens with one attached hydrogen (secondary N) is 1. The molecule has 0 aliphatic carbocycles. The van der Waals surface area contributed by atoms with E-state index in [0.717, 1.165) is 17.9 Å². The minimum Gasteiger partial charge on any atom is -0.478 e. The van der Waals surface area contributed by atoms with Gasteiger partial charge in [0.05, 0.1) is 0 Å². The lowest BCUT2D eigenvalue weighted by Crippen LogP contribution is -2.31. The highest BCUT2D eigenvalue weighted by molar-refractivity contribution is 7.92. The van der Waals surface area contributed by atoms with Gasteiger partial charge in [0.15, 0.2) is 9.84 Å². The first-order chi connectivity index (χ1) is 9.61. The Morgan fingerprint density at radius 3 is 2.43 bits per heavy atom.